The van der Waals surface area contributed by atoms with Crippen LogP contribution in [0.3, 0.4) is 0 Å². The van der Waals surface area contributed by atoms with Crippen molar-refractivity contribution in [2.24, 2.45) is 5.41 Å². The summed E-state index contributed by atoms with van der Waals surface area (Å²) >= 11 is 0. The molecule has 0 aromatic rings. The largest absolute Gasteiger partial charge is 0.377 e. The fourth-order valence-corrected chi connectivity index (χ4v) is 3.43. The molecule has 2 fully saturated rings. The molecular formula is C14H28N2O. The van der Waals surface area contributed by atoms with Crippen LogP contribution in [0.5, 0.6) is 0 Å². The van der Waals surface area contributed by atoms with E-state index in [1.54, 1.807) is 0 Å². The standard InChI is InChI=1S/C14H28N2O/c1-4-14(7-8-15-10-14)12-16-9-5-6-13(2,11-16)17-3/h15H,4-12H2,1-3H3. The lowest BCUT2D eigenvalue weighted by molar-refractivity contribution is -0.0586. The summed E-state index contributed by atoms with van der Waals surface area (Å²) in [4.78, 5) is 2.63. The number of methoxy groups -OCH3 is 1. The van der Waals surface area contributed by atoms with Gasteiger partial charge in [-0.1, -0.05) is 6.92 Å². The van der Waals surface area contributed by atoms with Crippen molar-refractivity contribution in [3.05, 3.63) is 0 Å². The Labute approximate surface area is 106 Å². The highest BCUT2D eigenvalue weighted by atomic mass is 16.5. The number of hydrogen-bond acceptors (Lipinski definition) is 3. The minimum atomic E-state index is 0.0826. The summed E-state index contributed by atoms with van der Waals surface area (Å²) in [6.45, 7) is 10.6. The van der Waals surface area contributed by atoms with Gasteiger partial charge in [0.05, 0.1) is 5.60 Å². The summed E-state index contributed by atoms with van der Waals surface area (Å²) in [7, 11) is 1.86. The monoisotopic (exact) mass is 240 g/mol. The fraction of sp³-hybridized carbons (Fsp3) is 1.00. The fourth-order valence-electron chi connectivity index (χ4n) is 3.43. The lowest BCUT2D eigenvalue weighted by Crippen LogP contribution is -2.51. The van der Waals surface area contributed by atoms with Gasteiger partial charge in [-0.25, -0.2) is 0 Å². The van der Waals surface area contributed by atoms with Crippen molar-refractivity contribution >= 4 is 0 Å². The van der Waals surface area contributed by atoms with Gasteiger partial charge in [-0.2, -0.15) is 0 Å². The van der Waals surface area contributed by atoms with Gasteiger partial charge in [-0.3, -0.25) is 4.90 Å². The maximum Gasteiger partial charge on any atom is 0.0777 e. The van der Waals surface area contributed by atoms with Gasteiger partial charge in [0.25, 0.3) is 0 Å². The van der Waals surface area contributed by atoms with Crippen molar-refractivity contribution < 1.29 is 4.74 Å². The first kappa shape index (κ1) is 13.3. The molecule has 3 nitrogen and oxygen atoms in total. The van der Waals surface area contributed by atoms with E-state index in [0.29, 0.717) is 5.41 Å². The van der Waals surface area contributed by atoms with Crippen LogP contribution in [0.4, 0.5) is 0 Å². The summed E-state index contributed by atoms with van der Waals surface area (Å²) in [5.41, 5.74) is 0.602. The molecule has 0 aliphatic carbocycles. The Morgan fingerprint density at radius 3 is 2.76 bits per heavy atom. The van der Waals surface area contributed by atoms with Crippen LogP contribution in [-0.4, -0.2) is 50.3 Å². The first-order valence-electron chi connectivity index (χ1n) is 7.10. The van der Waals surface area contributed by atoms with Gasteiger partial charge in [0, 0.05) is 26.7 Å². The SMILES string of the molecule is CCC1(CN2CCCC(C)(OC)C2)CCNC1. The highest BCUT2D eigenvalue weighted by Crippen LogP contribution is 2.33. The van der Waals surface area contributed by atoms with Crippen LogP contribution in [-0.2, 0) is 4.74 Å². The van der Waals surface area contributed by atoms with Crippen LogP contribution in [0.15, 0.2) is 0 Å². The average Bonchev–Trinajstić information content (AvgIpc) is 2.78. The molecule has 1 N–H and O–H groups in total. The topological polar surface area (TPSA) is 24.5 Å². The Morgan fingerprint density at radius 2 is 2.18 bits per heavy atom. The van der Waals surface area contributed by atoms with E-state index in [-0.39, 0.29) is 5.60 Å². The Bertz CT molecular complexity index is 251. The quantitative estimate of drug-likeness (QED) is 0.812. The van der Waals surface area contributed by atoms with Crippen molar-refractivity contribution in [1.82, 2.24) is 10.2 Å². The summed E-state index contributed by atoms with van der Waals surface area (Å²) in [5.74, 6) is 0. The highest BCUT2D eigenvalue weighted by molar-refractivity contribution is 4.93. The number of nitrogens with zero attached hydrogens (tertiary/aromatic N) is 1. The second-order valence-corrected chi connectivity index (χ2v) is 6.25. The zero-order valence-electron chi connectivity index (χ0n) is 11.7. The Hall–Kier alpha value is -0.120. The molecule has 0 amide bonds. The van der Waals surface area contributed by atoms with Crippen LogP contribution in [0, 0.1) is 5.41 Å². The Morgan fingerprint density at radius 1 is 1.35 bits per heavy atom. The van der Waals surface area contributed by atoms with E-state index in [2.05, 4.69) is 24.1 Å². The van der Waals surface area contributed by atoms with E-state index < -0.39 is 0 Å². The smallest absolute Gasteiger partial charge is 0.0777 e. The summed E-state index contributed by atoms with van der Waals surface area (Å²) in [5, 5.41) is 3.53. The molecule has 17 heavy (non-hydrogen) atoms. The summed E-state index contributed by atoms with van der Waals surface area (Å²) < 4.78 is 5.68. The van der Waals surface area contributed by atoms with Crippen LogP contribution < -0.4 is 5.32 Å². The van der Waals surface area contributed by atoms with E-state index in [9.17, 15) is 0 Å². The molecule has 3 heteroatoms. The van der Waals surface area contributed by atoms with E-state index in [0.717, 1.165) is 6.54 Å². The van der Waals surface area contributed by atoms with Crippen LogP contribution in [0.25, 0.3) is 0 Å². The molecule has 2 rings (SSSR count). The molecule has 2 aliphatic rings. The predicted octanol–water partition coefficient (Wildman–Crippen LogP) is 1.88. The van der Waals surface area contributed by atoms with Gasteiger partial charge < -0.3 is 10.1 Å². The van der Waals surface area contributed by atoms with E-state index >= 15 is 0 Å². The molecule has 0 saturated carbocycles. The molecule has 2 atom stereocenters. The van der Waals surface area contributed by atoms with Gasteiger partial charge >= 0.3 is 0 Å². The van der Waals surface area contributed by atoms with Crippen molar-refractivity contribution in [1.29, 1.82) is 0 Å². The molecule has 0 radical (unpaired) electrons. The van der Waals surface area contributed by atoms with Crippen LogP contribution in [0.2, 0.25) is 0 Å². The molecular weight excluding hydrogens is 212 g/mol. The minimum Gasteiger partial charge on any atom is -0.377 e. The molecule has 2 saturated heterocycles. The van der Waals surface area contributed by atoms with Gasteiger partial charge in [-0.05, 0) is 51.1 Å². The maximum atomic E-state index is 5.68. The molecule has 0 spiro atoms. The summed E-state index contributed by atoms with van der Waals surface area (Å²) in [6.07, 6.45) is 5.11. The lowest BCUT2D eigenvalue weighted by atomic mass is 9.82. The number of rotatable bonds is 4. The molecule has 100 valence electrons. The molecule has 2 aliphatic heterocycles. The van der Waals surface area contributed by atoms with Crippen molar-refractivity contribution in [3.63, 3.8) is 0 Å². The lowest BCUT2D eigenvalue weighted by Gasteiger charge is -2.43. The highest BCUT2D eigenvalue weighted by Gasteiger charge is 2.37. The number of piperidine rings is 1. The van der Waals surface area contributed by atoms with Gasteiger partial charge in [-0.15, -0.1) is 0 Å². The second kappa shape index (κ2) is 5.25. The molecule has 0 bridgehead atoms. The third kappa shape index (κ3) is 3.01. The first-order valence-corrected chi connectivity index (χ1v) is 7.10. The number of likely N-dealkylation sites (tertiary alicyclic amines) is 1. The molecule has 2 heterocycles. The zero-order chi connectivity index (χ0) is 12.4. The molecule has 0 aromatic carbocycles. The normalized spacial score (nSPS) is 39.7. The van der Waals surface area contributed by atoms with Crippen molar-refractivity contribution in [2.45, 2.75) is 45.1 Å². The summed E-state index contributed by atoms with van der Waals surface area (Å²) in [6, 6.07) is 0. The predicted molar refractivity (Wildman–Crippen MR) is 71.3 cm³/mol. The number of nitrogens with one attached hydrogen (secondary N) is 1. The number of hydrogen-bond donors (Lipinski definition) is 1. The van der Waals surface area contributed by atoms with E-state index in [4.69, 9.17) is 4.74 Å². The van der Waals surface area contributed by atoms with Crippen molar-refractivity contribution in [2.75, 3.05) is 39.8 Å². The number of ether oxygens (including phenoxy) is 1. The van der Waals surface area contributed by atoms with Crippen LogP contribution >= 0.6 is 0 Å². The Kier molecular flexibility index (Phi) is 4.11. The minimum absolute atomic E-state index is 0.0826. The maximum absolute atomic E-state index is 5.68. The zero-order valence-corrected chi connectivity index (χ0v) is 11.7. The Balaban J connectivity index is 1.94. The first-order chi connectivity index (χ1) is 8.11. The van der Waals surface area contributed by atoms with Gasteiger partial charge in [0.1, 0.15) is 0 Å². The third-order valence-corrected chi connectivity index (χ3v) is 4.87. The second-order valence-electron chi connectivity index (χ2n) is 6.25. The van der Waals surface area contributed by atoms with Gasteiger partial charge in [0.2, 0.25) is 0 Å². The molecule has 0 aromatic heterocycles. The van der Waals surface area contributed by atoms with E-state index in [1.807, 2.05) is 7.11 Å². The van der Waals surface area contributed by atoms with E-state index in [1.165, 1.54) is 51.9 Å². The molecule has 2 unspecified atom stereocenters. The van der Waals surface area contributed by atoms with Crippen LogP contribution in [0.1, 0.15) is 39.5 Å². The average molecular weight is 240 g/mol. The van der Waals surface area contributed by atoms with Crippen molar-refractivity contribution in [3.8, 4) is 0 Å². The van der Waals surface area contributed by atoms with Gasteiger partial charge in [0.15, 0.2) is 0 Å². The third-order valence-electron chi connectivity index (χ3n) is 4.87.